The van der Waals surface area contributed by atoms with E-state index >= 15 is 0 Å². The van der Waals surface area contributed by atoms with Crippen LogP contribution in [0.1, 0.15) is 24.5 Å². The van der Waals surface area contributed by atoms with Gasteiger partial charge in [-0.1, -0.05) is 55.0 Å². The molecule has 0 fully saturated rings. The van der Waals surface area contributed by atoms with Gasteiger partial charge in [-0.15, -0.1) is 0 Å². The summed E-state index contributed by atoms with van der Waals surface area (Å²) in [5.74, 6) is 2.54. The van der Waals surface area contributed by atoms with Crippen molar-refractivity contribution in [1.82, 2.24) is 5.32 Å². The summed E-state index contributed by atoms with van der Waals surface area (Å²) < 4.78 is 5.75. The van der Waals surface area contributed by atoms with Crippen molar-refractivity contribution in [1.29, 1.82) is 0 Å². The smallest absolute Gasteiger partial charge is 0.261 e. The second kappa shape index (κ2) is 10.0. The molecule has 2 aromatic carbocycles. The highest BCUT2D eigenvalue weighted by molar-refractivity contribution is 7.98. The molecule has 3 nitrogen and oxygen atoms in total. The lowest BCUT2D eigenvalue weighted by Gasteiger charge is -2.17. The van der Waals surface area contributed by atoms with Crippen molar-refractivity contribution in [2.45, 2.75) is 32.1 Å². The predicted molar refractivity (Wildman–Crippen MR) is 101 cm³/mol. The minimum absolute atomic E-state index is 0.0440. The summed E-state index contributed by atoms with van der Waals surface area (Å²) in [5, 5.41) is 2.97. The summed E-state index contributed by atoms with van der Waals surface area (Å²) >= 11 is 1.82. The van der Waals surface area contributed by atoms with Crippen molar-refractivity contribution in [3.63, 3.8) is 0 Å². The number of amides is 1. The van der Waals surface area contributed by atoms with Crippen LogP contribution in [0.4, 0.5) is 0 Å². The Bertz CT molecular complexity index is 631. The largest absolute Gasteiger partial charge is 0.481 e. The van der Waals surface area contributed by atoms with Crippen molar-refractivity contribution < 1.29 is 9.53 Å². The summed E-state index contributed by atoms with van der Waals surface area (Å²) in [6, 6.07) is 18.0. The average molecular weight is 343 g/mol. The van der Waals surface area contributed by atoms with E-state index in [4.69, 9.17) is 4.74 Å². The van der Waals surface area contributed by atoms with Crippen molar-refractivity contribution in [3.05, 3.63) is 65.7 Å². The van der Waals surface area contributed by atoms with Gasteiger partial charge in [0, 0.05) is 18.1 Å². The Morgan fingerprint density at radius 1 is 1.17 bits per heavy atom. The van der Waals surface area contributed by atoms with Crippen LogP contribution < -0.4 is 10.1 Å². The Labute approximate surface area is 148 Å². The highest BCUT2D eigenvalue weighted by Crippen LogP contribution is 2.14. The fraction of sp³-hybridized carbons (Fsp3) is 0.350. The molecule has 0 aliphatic rings. The number of rotatable bonds is 9. The van der Waals surface area contributed by atoms with Crippen molar-refractivity contribution in [2.24, 2.45) is 0 Å². The molecule has 0 aliphatic heterocycles. The van der Waals surface area contributed by atoms with Gasteiger partial charge in [0.05, 0.1) is 0 Å². The molecule has 2 aromatic rings. The topological polar surface area (TPSA) is 38.3 Å². The van der Waals surface area contributed by atoms with E-state index in [0.717, 1.165) is 17.3 Å². The first-order valence-corrected chi connectivity index (χ1v) is 9.47. The second-order valence-electron chi connectivity index (χ2n) is 5.66. The molecular weight excluding hydrogens is 318 g/mol. The van der Waals surface area contributed by atoms with Crippen LogP contribution in [0.2, 0.25) is 0 Å². The highest BCUT2D eigenvalue weighted by Gasteiger charge is 2.17. The second-order valence-corrected chi connectivity index (χ2v) is 6.77. The first kappa shape index (κ1) is 18.4. The molecule has 24 heavy (non-hydrogen) atoms. The van der Waals surface area contributed by atoms with E-state index in [2.05, 4.69) is 36.5 Å². The van der Waals surface area contributed by atoms with Crippen LogP contribution in [0.3, 0.4) is 0 Å². The molecule has 2 rings (SSSR count). The summed E-state index contributed by atoms with van der Waals surface area (Å²) in [6.07, 6.45) is 0.214. The summed E-state index contributed by atoms with van der Waals surface area (Å²) in [6.45, 7) is 4.72. The number of carbonyl (C=O) groups is 1. The molecule has 0 saturated heterocycles. The zero-order valence-corrected chi connectivity index (χ0v) is 15.1. The molecular formula is C20H25NO2S. The zero-order chi connectivity index (χ0) is 17.2. The Balaban J connectivity index is 1.68. The maximum atomic E-state index is 12.2. The van der Waals surface area contributed by atoms with E-state index in [-0.39, 0.29) is 5.91 Å². The van der Waals surface area contributed by atoms with Gasteiger partial charge >= 0.3 is 0 Å². The number of benzene rings is 2. The number of hydrogen-bond donors (Lipinski definition) is 1. The molecule has 0 radical (unpaired) electrons. The van der Waals surface area contributed by atoms with E-state index in [9.17, 15) is 4.79 Å². The Hall–Kier alpha value is -1.94. The third kappa shape index (κ3) is 6.28. The minimum atomic E-state index is -0.436. The van der Waals surface area contributed by atoms with Crippen molar-refractivity contribution in [3.8, 4) is 5.75 Å². The molecule has 0 aromatic heterocycles. The Kier molecular flexibility index (Phi) is 7.69. The molecule has 0 unspecified atom stereocenters. The van der Waals surface area contributed by atoms with Gasteiger partial charge in [-0.25, -0.2) is 0 Å². The molecule has 1 N–H and O–H groups in total. The number of carbonyl (C=O) groups excluding carboxylic acids is 1. The van der Waals surface area contributed by atoms with Crippen LogP contribution in [0.5, 0.6) is 5.75 Å². The van der Waals surface area contributed by atoms with Crippen LogP contribution in [-0.2, 0) is 10.5 Å². The highest BCUT2D eigenvalue weighted by atomic mass is 32.2. The van der Waals surface area contributed by atoms with Gasteiger partial charge in [0.25, 0.3) is 5.91 Å². The molecule has 128 valence electrons. The first-order chi connectivity index (χ1) is 11.7. The lowest BCUT2D eigenvalue weighted by molar-refractivity contribution is -0.127. The number of nitrogens with one attached hydrogen (secondary N) is 1. The van der Waals surface area contributed by atoms with Crippen LogP contribution in [-0.4, -0.2) is 24.3 Å². The molecule has 0 aliphatic carbocycles. The van der Waals surface area contributed by atoms with E-state index in [0.29, 0.717) is 13.0 Å². The van der Waals surface area contributed by atoms with Gasteiger partial charge in [0.1, 0.15) is 5.75 Å². The molecule has 1 amide bonds. The van der Waals surface area contributed by atoms with Crippen LogP contribution >= 0.6 is 11.8 Å². The summed E-state index contributed by atoms with van der Waals surface area (Å²) in [4.78, 5) is 12.2. The van der Waals surface area contributed by atoms with E-state index in [1.807, 2.05) is 49.0 Å². The van der Waals surface area contributed by atoms with Gasteiger partial charge < -0.3 is 10.1 Å². The molecule has 0 heterocycles. The minimum Gasteiger partial charge on any atom is -0.481 e. The SMILES string of the molecule is CC[C@H](Oc1ccccc1)C(=O)NCCSCc1cccc(C)c1. The monoisotopic (exact) mass is 343 g/mol. The molecule has 0 spiro atoms. The summed E-state index contributed by atoms with van der Waals surface area (Å²) in [7, 11) is 0. The van der Waals surface area contributed by atoms with Crippen molar-refractivity contribution in [2.75, 3.05) is 12.3 Å². The lowest BCUT2D eigenvalue weighted by atomic mass is 10.2. The van der Waals surface area contributed by atoms with Crippen LogP contribution in [0, 0.1) is 6.92 Å². The van der Waals surface area contributed by atoms with E-state index in [1.54, 1.807) is 0 Å². The standard InChI is InChI=1S/C20H25NO2S/c1-3-19(23-18-10-5-4-6-11-18)20(22)21-12-13-24-15-17-9-7-8-16(2)14-17/h4-11,14,19H,3,12-13,15H2,1-2H3,(H,21,22)/t19-/m0/s1. The third-order valence-electron chi connectivity index (χ3n) is 3.58. The van der Waals surface area contributed by atoms with Crippen LogP contribution in [0.15, 0.2) is 54.6 Å². The van der Waals surface area contributed by atoms with E-state index < -0.39 is 6.10 Å². The van der Waals surface area contributed by atoms with E-state index in [1.165, 1.54) is 11.1 Å². The lowest BCUT2D eigenvalue weighted by Crippen LogP contribution is -2.39. The van der Waals surface area contributed by atoms with Gasteiger partial charge in [-0.2, -0.15) is 11.8 Å². The molecule has 0 bridgehead atoms. The van der Waals surface area contributed by atoms with Gasteiger partial charge in [-0.3, -0.25) is 4.79 Å². The van der Waals surface area contributed by atoms with Crippen LogP contribution in [0.25, 0.3) is 0 Å². The van der Waals surface area contributed by atoms with Gasteiger partial charge in [0.2, 0.25) is 0 Å². The Morgan fingerprint density at radius 3 is 2.67 bits per heavy atom. The quantitative estimate of drug-likeness (QED) is 0.694. The maximum absolute atomic E-state index is 12.2. The predicted octanol–water partition coefficient (Wildman–Crippen LogP) is 4.20. The number of hydrogen-bond acceptors (Lipinski definition) is 3. The normalized spacial score (nSPS) is 11.8. The van der Waals surface area contributed by atoms with Crippen molar-refractivity contribution >= 4 is 17.7 Å². The first-order valence-electron chi connectivity index (χ1n) is 8.31. The molecule has 0 saturated carbocycles. The number of thioether (sulfide) groups is 1. The van der Waals surface area contributed by atoms with Gasteiger partial charge in [0.15, 0.2) is 6.10 Å². The zero-order valence-electron chi connectivity index (χ0n) is 14.3. The fourth-order valence-corrected chi connectivity index (χ4v) is 3.14. The molecule has 4 heteroatoms. The summed E-state index contributed by atoms with van der Waals surface area (Å²) in [5.41, 5.74) is 2.61. The molecule has 1 atom stereocenters. The van der Waals surface area contributed by atoms with Gasteiger partial charge in [-0.05, 0) is 31.0 Å². The number of ether oxygens (including phenoxy) is 1. The maximum Gasteiger partial charge on any atom is 0.261 e. The number of aryl methyl sites for hydroxylation is 1. The fourth-order valence-electron chi connectivity index (χ4n) is 2.34. The third-order valence-corrected chi connectivity index (χ3v) is 4.61. The Morgan fingerprint density at radius 2 is 1.96 bits per heavy atom. The average Bonchev–Trinajstić information content (AvgIpc) is 2.60. The number of para-hydroxylation sites is 1.